The van der Waals surface area contributed by atoms with Crippen LogP contribution >= 0.6 is 27.5 Å². The minimum absolute atomic E-state index is 0.566. The highest BCUT2D eigenvalue weighted by molar-refractivity contribution is 9.10. The lowest BCUT2D eigenvalue weighted by Crippen LogP contribution is -2.34. The van der Waals surface area contributed by atoms with Crippen molar-refractivity contribution in [3.63, 3.8) is 0 Å². The van der Waals surface area contributed by atoms with Gasteiger partial charge in [-0.05, 0) is 22.0 Å². The summed E-state index contributed by atoms with van der Waals surface area (Å²) < 4.78 is 0.858. The van der Waals surface area contributed by atoms with E-state index in [9.17, 15) is 0 Å². The van der Waals surface area contributed by atoms with Gasteiger partial charge in [-0.3, -0.25) is 0 Å². The summed E-state index contributed by atoms with van der Waals surface area (Å²) in [6.45, 7) is 2.59. The third-order valence-electron chi connectivity index (χ3n) is 1.89. The summed E-state index contributed by atoms with van der Waals surface area (Å²) in [5.41, 5.74) is 11.1. The first-order valence-corrected chi connectivity index (χ1v) is 5.82. The van der Waals surface area contributed by atoms with Crippen molar-refractivity contribution in [2.45, 2.75) is 0 Å². The van der Waals surface area contributed by atoms with Crippen molar-refractivity contribution < 1.29 is 0 Å². The topological polar surface area (TPSA) is 68.2 Å². The number of nitrogens with two attached hydrogens (primary N) is 2. The normalized spacial score (nSPS) is 10.4. The van der Waals surface area contributed by atoms with Gasteiger partial charge < -0.3 is 16.4 Å². The predicted molar refractivity (Wildman–Crippen MR) is 67.3 cm³/mol. The highest BCUT2D eigenvalue weighted by Gasteiger charge is 2.10. The van der Waals surface area contributed by atoms with Crippen LogP contribution in [0.1, 0.15) is 0 Å². The Hall–Kier alpha value is -0.360. The Labute approximate surface area is 103 Å². The van der Waals surface area contributed by atoms with E-state index in [-0.39, 0.29) is 0 Å². The minimum atomic E-state index is 0.566. The molecule has 4 nitrogen and oxygen atoms in total. The minimum Gasteiger partial charge on any atom is -0.353 e. The van der Waals surface area contributed by atoms with Crippen LogP contribution in [0.3, 0.4) is 0 Å². The van der Waals surface area contributed by atoms with Gasteiger partial charge in [0.1, 0.15) is 5.82 Å². The van der Waals surface area contributed by atoms with Gasteiger partial charge in [0.15, 0.2) is 0 Å². The summed E-state index contributed by atoms with van der Waals surface area (Å²) in [5.74, 6) is 0.829. The van der Waals surface area contributed by atoms with Crippen molar-refractivity contribution in [3.05, 3.63) is 21.8 Å². The lowest BCUT2D eigenvalue weighted by molar-refractivity contribution is 0.768. The molecule has 6 heteroatoms. The smallest absolute Gasteiger partial charge is 0.143 e. The molecule has 0 saturated carbocycles. The number of nitrogens with zero attached hydrogens (tertiary/aromatic N) is 2. The van der Waals surface area contributed by atoms with Crippen molar-refractivity contribution in [1.82, 2.24) is 4.98 Å². The molecule has 4 N–H and O–H groups in total. The molecule has 0 radical (unpaired) electrons. The van der Waals surface area contributed by atoms with Crippen LogP contribution in [0.4, 0.5) is 5.82 Å². The lowest BCUT2D eigenvalue weighted by atomic mass is 10.4. The van der Waals surface area contributed by atoms with Crippen molar-refractivity contribution in [2.24, 2.45) is 11.5 Å². The molecular weight excluding hydrogens is 279 g/mol. The van der Waals surface area contributed by atoms with E-state index in [0.717, 1.165) is 23.4 Å². The molecule has 84 valence electrons. The first-order valence-electron chi connectivity index (χ1n) is 4.65. The maximum atomic E-state index is 5.82. The second kappa shape index (κ2) is 6.27. The Morgan fingerprint density at radius 1 is 1.33 bits per heavy atom. The fourth-order valence-electron chi connectivity index (χ4n) is 1.28. The van der Waals surface area contributed by atoms with E-state index in [1.54, 1.807) is 6.20 Å². The van der Waals surface area contributed by atoms with Crippen molar-refractivity contribution in [2.75, 3.05) is 31.1 Å². The predicted octanol–water partition coefficient (Wildman–Crippen LogP) is 1.22. The van der Waals surface area contributed by atoms with Gasteiger partial charge in [-0.1, -0.05) is 11.6 Å². The van der Waals surface area contributed by atoms with Crippen LogP contribution in [-0.4, -0.2) is 31.2 Å². The average Bonchev–Trinajstić information content (AvgIpc) is 2.17. The molecular formula is C9H14BrClN4. The molecule has 0 atom stereocenters. The Kier molecular flexibility index (Phi) is 5.31. The lowest BCUT2D eigenvalue weighted by Gasteiger charge is -2.23. The second-order valence-corrected chi connectivity index (χ2v) is 4.31. The SMILES string of the molecule is NCCN(CCN)c1ncc(Cl)cc1Br. The fourth-order valence-corrected chi connectivity index (χ4v) is 2.16. The number of pyridine rings is 1. The summed E-state index contributed by atoms with van der Waals surface area (Å²) in [7, 11) is 0. The Morgan fingerprint density at radius 3 is 2.40 bits per heavy atom. The van der Waals surface area contributed by atoms with E-state index in [1.165, 1.54) is 0 Å². The zero-order valence-corrected chi connectivity index (χ0v) is 10.6. The summed E-state index contributed by atoms with van der Waals surface area (Å²) >= 11 is 9.23. The first kappa shape index (κ1) is 12.7. The molecule has 0 saturated heterocycles. The molecule has 0 aromatic carbocycles. The molecule has 0 spiro atoms. The van der Waals surface area contributed by atoms with Gasteiger partial charge in [0, 0.05) is 32.4 Å². The number of aromatic nitrogens is 1. The number of rotatable bonds is 5. The van der Waals surface area contributed by atoms with Gasteiger partial charge >= 0.3 is 0 Å². The molecule has 1 aromatic rings. The van der Waals surface area contributed by atoms with Crippen LogP contribution in [0, 0.1) is 0 Å². The maximum Gasteiger partial charge on any atom is 0.143 e. The van der Waals surface area contributed by atoms with Gasteiger partial charge in [-0.15, -0.1) is 0 Å². The number of halogens is 2. The van der Waals surface area contributed by atoms with Crippen LogP contribution in [-0.2, 0) is 0 Å². The maximum absolute atomic E-state index is 5.82. The zero-order chi connectivity index (χ0) is 11.3. The fraction of sp³-hybridized carbons (Fsp3) is 0.444. The van der Waals surface area contributed by atoms with Crippen molar-refractivity contribution in [3.8, 4) is 0 Å². The van der Waals surface area contributed by atoms with E-state index in [4.69, 9.17) is 23.1 Å². The zero-order valence-electron chi connectivity index (χ0n) is 8.29. The standard InChI is InChI=1S/C9H14BrClN4/c10-8-5-7(11)6-14-9(8)15(3-1-12)4-2-13/h5-6H,1-4,12-13H2. The second-order valence-electron chi connectivity index (χ2n) is 3.02. The molecule has 0 aliphatic heterocycles. The Bertz CT molecular complexity index is 315. The van der Waals surface area contributed by atoms with E-state index in [1.807, 2.05) is 11.0 Å². The Balaban J connectivity index is 2.89. The Morgan fingerprint density at radius 2 is 1.93 bits per heavy atom. The van der Waals surface area contributed by atoms with Crippen LogP contribution in [0.2, 0.25) is 5.02 Å². The third kappa shape index (κ3) is 3.61. The monoisotopic (exact) mass is 292 g/mol. The van der Waals surface area contributed by atoms with E-state index < -0.39 is 0 Å². The van der Waals surface area contributed by atoms with Gasteiger partial charge in [-0.25, -0.2) is 4.98 Å². The van der Waals surface area contributed by atoms with Gasteiger partial charge in [-0.2, -0.15) is 0 Å². The summed E-state index contributed by atoms with van der Waals surface area (Å²) in [6, 6.07) is 1.81. The molecule has 15 heavy (non-hydrogen) atoms. The molecule has 0 unspecified atom stereocenters. The molecule has 0 aliphatic carbocycles. The van der Waals surface area contributed by atoms with Gasteiger partial charge in [0.05, 0.1) is 9.50 Å². The molecule has 0 aliphatic rings. The van der Waals surface area contributed by atoms with Gasteiger partial charge in [0.2, 0.25) is 0 Å². The van der Waals surface area contributed by atoms with Crippen LogP contribution in [0.5, 0.6) is 0 Å². The average molecular weight is 294 g/mol. The number of anilines is 1. The van der Waals surface area contributed by atoms with Crippen LogP contribution in [0.15, 0.2) is 16.7 Å². The molecule has 1 aromatic heterocycles. The summed E-state index contributed by atoms with van der Waals surface area (Å²) in [5, 5.41) is 0.603. The number of hydrogen-bond acceptors (Lipinski definition) is 4. The molecule has 0 fully saturated rings. The third-order valence-corrected chi connectivity index (χ3v) is 2.68. The molecule has 1 rings (SSSR count). The largest absolute Gasteiger partial charge is 0.353 e. The van der Waals surface area contributed by atoms with Crippen molar-refractivity contribution in [1.29, 1.82) is 0 Å². The molecule has 1 heterocycles. The van der Waals surface area contributed by atoms with Crippen LogP contribution in [0.25, 0.3) is 0 Å². The summed E-state index contributed by atoms with van der Waals surface area (Å²) in [6.07, 6.45) is 1.61. The molecule has 0 amide bonds. The van der Waals surface area contributed by atoms with Crippen LogP contribution < -0.4 is 16.4 Å². The number of hydrogen-bond donors (Lipinski definition) is 2. The first-order chi connectivity index (χ1) is 7.19. The quantitative estimate of drug-likeness (QED) is 0.856. The molecule has 0 bridgehead atoms. The van der Waals surface area contributed by atoms with E-state index >= 15 is 0 Å². The van der Waals surface area contributed by atoms with Gasteiger partial charge in [0.25, 0.3) is 0 Å². The highest BCUT2D eigenvalue weighted by Crippen LogP contribution is 2.25. The van der Waals surface area contributed by atoms with E-state index in [2.05, 4.69) is 20.9 Å². The highest BCUT2D eigenvalue weighted by atomic mass is 79.9. The van der Waals surface area contributed by atoms with Crippen molar-refractivity contribution >= 4 is 33.3 Å². The summed E-state index contributed by atoms with van der Waals surface area (Å²) in [4.78, 5) is 6.28. The van der Waals surface area contributed by atoms with E-state index in [0.29, 0.717) is 18.1 Å².